The van der Waals surface area contributed by atoms with Gasteiger partial charge in [0, 0.05) is 23.6 Å². The Morgan fingerprint density at radius 3 is 2.74 bits per heavy atom. The largest absolute Gasteiger partial charge is 0.280 e. The van der Waals surface area contributed by atoms with Gasteiger partial charge in [-0.15, -0.1) is 11.3 Å². The molecule has 0 aliphatic carbocycles. The van der Waals surface area contributed by atoms with Gasteiger partial charge in [0.05, 0.1) is 21.7 Å². The first kappa shape index (κ1) is 17.1. The van der Waals surface area contributed by atoms with Crippen LogP contribution in [0, 0.1) is 6.57 Å². The van der Waals surface area contributed by atoms with E-state index in [-0.39, 0.29) is 10.6 Å². The first-order valence-corrected chi connectivity index (χ1v) is 10.2. The zero-order valence-corrected chi connectivity index (χ0v) is 15.5. The van der Waals surface area contributed by atoms with Crippen molar-refractivity contribution >= 4 is 43.0 Å². The summed E-state index contributed by atoms with van der Waals surface area (Å²) in [5.74, 6) is 0. The maximum absolute atomic E-state index is 12.6. The standard InChI is InChI=1S/C19H12N4O2S2/c1-20-14-5-3-7-16(11-14)27(24,25)23-15-6-2-4-13(10-15)19-22-17-8-9-21-12-18(17)26-19/h2-12,23H. The molecule has 8 heteroatoms. The molecule has 2 aromatic heterocycles. The molecule has 4 rings (SSSR count). The minimum atomic E-state index is -3.79. The maximum atomic E-state index is 12.6. The van der Waals surface area contributed by atoms with Crippen molar-refractivity contribution in [1.29, 1.82) is 0 Å². The molecule has 4 aromatic rings. The second-order valence-electron chi connectivity index (χ2n) is 5.66. The van der Waals surface area contributed by atoms with Crippen LogP contribution < -0.4 is 4.72 Å². The fourth-order valence-corrected chi connectivity index (χ4v) is 4.57. The molecule has 0 aliphatic rings. The van der Waals surface area contributed by atoms with Crippen LogP contribution in [0.2, 0.25) is 0 Å². The van der Waals surface area contributed by atoms with E-state index >= 15 is 0 Å². The Labute approximate surface area is 160 Å². The normalized spacial score (nSPS) is 11.2. The summed E-state index contributed by atoms with van der Waals surface area (Å²) >= 11 is 1.49. The summed E-state index contributed by atoms with van der Waals surface area (Å²) in [4.78, 5) is 12.0. The molecule has 0 aliphatic heterocycles. The average molecular weight is 392 g/mol. The topological polar surface area (TPSA) is 76.3 Å². The summed E-state index contributed by atoms with van der Waals surface area (Å²) < 4.78 is 28.8. The van der Waals surface area contributed by atoms with E-state index in [2.05, 4.69) is 19.5 Å². The van der Waals surface area contributed by atoms with E-state index < -0.39 is 10.0 Å². The second-order valence-corrected chi connectivity index (χ2v) is 8.37. The highest BCUT2D eigenvalue weighted by Gasteiger charge is 2.15. The van der Waals surface area contributed by atoms with E-state index in [1.54, 1.807) is 42.7 Å². The third kappa shape index (κ3) is 3.51. The first-order chi connectivity index (χ1) is 13.0. The Kier molecular flexibility index (Phi) is 4.32. The van der Waals surface area contributed by atoms with Gasteiger partial charge in [-0.2, -0.15) is 0 Å². The van der Waals surface area contributed by atoms with Crippen LogP contribution in [0.15, 0.2) is 71.9 Å². The number of pyridine rings is 1. The minimum absolute atomic E-state index is 0.0486. The molecule has 0 bridgehead atoms. The quantitative estimate of drug-likeness (QED) is 0.510. The molecule has 0 saturated carbocycles. The van der Waals surface area contributed by atoms with Crippen molar-refractivity contribution < 1.29 is 8.42 Å². The van der Waals surface area contributed by atoms with Crippen LogP contribution in [0.4, 0.5) is 11.4 Å². The Morgan fingerprint density at radius 1 is 1.07 bits per heavy atom. The number of sulfonamides is 1. The van der Waals surface area contributed by atoms with Gasteiger partial charge in [0.1, 0.15) is 5.01 Å². The maximum Gasteiger partial charge on any atom is 0.260 e. The van der Waals surface area contributed by atoms with Gasteiger partial charge >= 0.3 is 0 Å². The van der Waals surface area contributed by atoms with Gasteiger partial charge in [-0.3, -0.25) is 9.71 Å². The van der Waals surface area contributed by atoms with Crippen molar-refractivity contribution in [2.45, 2.75) is 4.90 Å². The van der Waals surface area contributed by atoms with Crippen molar-refractivity contribution in [3.05, 3.63) is 78.4 Å². The van der Waals surface area contributed by atoms with Crippen LogP contribution in [-0.2, 0) is 10.0 Å². The Bertz CT molecular complexity index is 1260. The number of aromatic nitrogens is 2. The fourth-order valence-electron chi connectivity index (χ4n) is 2.55. The molecular weight excluding hydrogens is 380 g/mol. The van der Waals surface area contributed by atoms with Gasteiger partial charge < -0.3 is 0 Å². The monoisotopic (exact) mass is 392 g/mol. The highest BCUT2D eigenvalue weighted by molar-refractivity contribution is 7.92. The zero-order chi connectivity index (χ0) is 18.9. The van der Waals surface area contributed by atoms with E-state index in [1.165, 1.54) is 23.5 Å². The summed E-state index contributed by atoms with van der Waals surface area (Å²) in [6.07, 6.45) is 3.45. The molecule has 0 amide bonds. The number of anilines is 1. The van der Waals surface area contributed by atoms with Crippen LogP contribution in [0.1, 0.15) is 0 Å². The first-order valence-electron chi connectivity index (χ1n) is 7.86. The summed E-state index contributed by atoms with van der Waals surface area (Å²) in [5, 5.41) is 0.786. The molecule has 1 N–H and O–H groups in total. The van der Waals surface area contributed by atoms with Crippen LogP contribution in [0.5, 0.6) is 0 Å². The second kappa shape index (κ2) is 6.79. The number of nitrogens with zero attached hydrogens (tertiary/aromatic N) is 3. The fraction of sp³-hybridized carbons (Fsp3) is 0. The van der Waals surface area contributed by atoms with Crippen LogP contribution >= 0.6 is 11.3 Å². The third-order valence-electron chi connectivity index (χ3n) is 3.81. The summed E-state index contributed by atoms with van der Waals surface area (Å²) in [6.45, 7) is 7.03. The molecule has 2 aromatic carbocycles. The SMILES string of the molecule is [C-]#[N+]c1cccc(S(=O)(=O)Nc2cccc(-c3nc4ccncc4s3)c2)c1. The molecule has 2 heterocycles. The van der Waals surface area contributed by atoms with Gasteiger partial charge in [0.2, 0.25) is 0 Å². The molecule has 0 atom stereocenters. The summed E-state index contributed by atoms with van der Waals surface area (Å²) in [7, 11) is -3.79. The zero-order valence-electron chi connectivity index (χ0n) is 13.8. The molecule has 132 valence electrons. The summed E-state index contributed by atoms with van der Waals surface area (Å²) in [6, 6.07) is 14.8. The predicted octanol–water partition coefficient (Wildman–Crippen LogP) is 4.71. The minimum Gasteiger partial charge on any atom is -0.280 e. The number of hydrogen-bond donors (Lipinski definition) is 1. The summed E-state index contributed by atoms with van der Waals surface area (Å²) in [5.41, 5.74) is 2.37. The van der Waals surface area contributed by atoms with Crippen LogP contribution in [0.3, 0.4) is 0 Å². The van der Waals surface area contributed by atoms with Crippen molar-refractivity contribution in [3.63, 3.8) is 0 Å². The van der Waals surface area contributed by atoms with E-state index in [9.17, 15) is 8.42 Å². The smallest absolute Gasteiger partial charge is 0.260 e. The molecule has 6 nitrogen and oxygen atoms in total. The molecule has 0 unspecified atom stereocenters. The highest BCUT2D eigenvalue weighted by Crippen LogP contribution is 2.31. The lowest BCUT2D eigenvalue weighted by Crippen LogP contribution is -2.12. The molecule has 27 heavy (non-hydrogen) atoms. The van der Waals surface area contributed by atoms with Crippen LogP contribution in [-0.4, -0.2) is 18.4 Å². The Balaban J connectivity index is 1.67. The van der Waals surface area contributed by atoms with Gasteiger partial charge in [-0.05, 0) is 30.3 Å². The molecule has 0 fully saturated rings. The van der Waals surface area contributed by atoms with Crippen molar-refractivity contribution in [1.82, 2.24) is 9.97 Å². The highest BCUT2D eigenvalue weighted by atomic mass is 32.2. The Morgan fingerprint density at radius 2 is 1.93 bits per heavy atom. The number of rotatable bonds is 4. The number of hydrogen-bond acceptors (Lipinski definition) is 5. The van der Waals surface area contributed by atoms with E-state index in [0.29, 0.717) is 5.69 Å². The van der Waals surface area contributed by atoms with Crippen molar-refractivity contribution in [2.24, 2.45) is 0 Å². The van der Waals surface area contributed by atoms with Crippen molar-refractivity contribution in [3.8, 4) is 10.6 Å². The third-order valence-corrected chi connectivity index (χ3v) is 6.24. The van der Waals surface area contributed by atoms with E-state index in [0.717, 1.165) is 20.8 Å². The van der Waals surface area contributed by atoms with E-state index in [4.69, 9.17) is 6.57 Å². The predicted molar refractivity (Wildman–Crippen MR) is 106 cm³/mol. The molecule has 0 radical (unpaired) electrons. The number of thiazole rings is 1. The van der Waals surface area contributed by atoms with Gasteiger partial charge in [0.15, 0.2) is 5.69 Å². The molecule has 0 spiro atoms. The van der Waals surface area contributed by atoms with Gasteiger partial charge in [-0.1, -0.05) is 24.3 Å². The lowest BCUT2D eigenvalue weighted by atomic mass is 10.2. The molecular formula is C19H12N4O2S2. The Hall–Kier alpha value is -3.28. The van der Waals surface area contributed by atoms with Gasteiger partial charge in [-0.25, -0.2) is 18.2 Å². The lowest BCUT2D eigenvalue weighted by Gasteiger charge is -2.09. The lowest BCUT2D eigenvalue weighted by molar-refractivity contribution is 0.601. The van der Waals surface area contributed by atoms with Crippen molar-refractivity contribution in [2.75, 3.05) is 4.72 Å². The van der Waals surface area contributed by atoms with Gasteiger partial charge in [0.25, 0.3) is 10.0 Å². The number of benzene rings is 2. The van der Waals surface area contributed by atoms with E-state index in [1.807, 2.05) is 12.1 Å². The number of fused-ring (bicyclic) bond motifs is 1. The van der Waals surface area contributed by atoms with Crippen LogP contribution in [0.25, 0.3) is 25.6 Å². The molecule has 0 saturated heterocycles. The average Bonchev–Trinajstić information content (AvgIpc) is 3.12. The number of nitrogens with one attached hydrogen (secondary N) is 1.